The summed E-state index contributed by atoms with van der Waals surface area (Å²) in [7, 11) is 0. The van der Waals surface area contributed by atoms with Crippen LogP contribution in [0.4, 0.5) is 0 Å². The molecule has 0 amide bonds. The van der Waals surface area contributed by atoms with Gasteiger partial charge in [0.25, 0.3) is 0 Å². The van der Waals surface area contributed by atoms with Crippen molar-refractivity contribution in [1.29, 1.82) is 0 Å². The van der Waals surface area contributed by atoms with E-state index in [1.165, 1.54) is 0 Å². The lowest BCUT2D eigenvalue weighted by Gasteiger charge is -2.26. The molecule has 0 aromatic carbocycles. The number of ether oxygens (including phenoxy) is 6. The molecular weight excluding hydrogens is 334 g/mol. The molecule has 4 heterocycles. The van der Waals surface area contributed by atoms with E-state index in [1.54, 1.807) is 0 Å². The third kappa shape index (κ3) is 3.11. The van der Waals surface area contributed by atoms with Crippen molar-refractivity contribution in [3.05, 3.63) is 0 Å². The lowest BCUT2D eigenvalue weighted by Crippen LogP contribution is -2.99. The lowest BCUT2D eigenvalue weighted by molar-refractivity contribution is -0.791. The first-order valence-corrected chi connectivity index (χ1v) is 8.82. The molecule has 0 bridgehead atoms. The van der Waals surface area contributed by atoms with E-state index in [1.807, 2.05) is 33.0 Å². The zero-order chi connectivity index (χ0) is 18.0. The molecule has 9 heteroatoms. The van der Waals surface area contributed by atoms with Gasteiger partial charge in [-0.15, -0.1) is 0 Å². The predicted molar refractivity (Wildman–Crippen MR) is 81.1 cm³/mol. The highest BCUT2D eigenvalue weighted by Gasteiger charge is 2.61. The van der Waals surface area contributed by atoms with Crippen LogP contribution in [0.1, 0.15) is 27.7 Å². The molecule has 4 aliphatic heterocycles. The predicted octanol–water partition coefficient (Wildman–Crippen LogP) is -1.98. The van der Waals surface area contributed by atoms with Gasteiger partial charge in [-0.1, -0.05) is 0 Å². The summed E-state index contributed by atoms with van der Waals surface area (Å²) < 4.78 is 35.5. The number of aliphatic hydroxyl groups is 2. The molecule has 25 heavy (non-hydrogen) atoms. The molecule has 0 aromatic rings. The number of hydrogen-bond donors (Lipinski definition) is 3. The van der Waals surface area contributed by atoms with E-state index in [9.17, 15) is 10.2 Å². The molecule has 8 atom stereocenters. The zero-order valence-corrected chi connectivity index (χ0v) is 15.0. The number of aliphatic hydroxyl groups excluding tert-OH is 2. The van der Waals surface area contributed by atoms with Crippen molar-refractivity contribution in [1.82, 2.24) is 0 Å². The monoisotopic (exact) mass is 362 g/mol. The van der Waals surface area contributed by atoms with E-state index >= 15 is 0 Å². The Morgan fingerprint density at radius 2 is 1.04 bits per heavy atom. The second-order valence-electron chi connectivity index (χ2n) is 7.97. The number of hydrogen-bond acceptors (Lipinski definition) is 8. The Balaban J connectivity index is 1.48. The first kappa shape index (κ1) is 18.0. The maximum Gasteiger partial charge on any atom is 0.222 e. The number of rotatable bonds is 4. The van der Waals surface area contributed by atoms with Crippen molar-refractivity contribution in [2.45, 2.75) is 88.3 Å². The second kappa shape index (κ2) is 6.08. The summed E-state index contributed by atoms with van der Waals surface area (Å²) in [4.78, 5) is 0. The molecule has 0 unspecified atom stereocenters. The van der Waals surface area contributed by atoms with Gasteiger partial charge in [0, 0.05) is 0 Å². The van der Waals surface area contributed by atoms with E-state index in [4.69, 9.17) is 28.4 Å². The van der Waals surface area contributed by atoms with E-state index < -0.39 is 36.2 Å². The molecule has 0 saturated carbocycles. The molecule has 0 aromatic heterocycles. The minimum absolute atomic E-state index is 0.144. The third-order valence-corrected chi connectivity index (χ3v) is 5.11. The van der Waals surface area contributed by atoms with E-state index in [0.29, 0.717) is 0 Å². The van der Waals surface area contributed by atoms with Crippen LogP contribution in [0.3, 0.4) is 0 Å². The van der Waals surface area contributed by atoms with Crippen LogP contribution in [0, 0.1) is 0 Å². The SMILES string of the molecule is CC1(C)O[C@@H]2[C@H](O1)[C@@H](CO)O[C@@H]2[NH2+][C@H]1O[C@@H](CO)[C@@H]2OC(C)(C)O[C@@H]21. The van der Waals surface area contributed by atoms with Crippen LogP contribution in [-0.4, -0.2) is 84.1 Å². The standard InChI is InChI=1S/C16H27NO8/c1-15(2)22-9-7(5-18)20-13(11(9)24-15)17-14-12-10(8(6-19)21-14)23-16(3,4)25-12/h7-14,17-19H,5-6H2,1-4H3/p+1/t7-,8+,9-,10+,11-,12+,13-,14-/m0/s1. The Bertz CT molecular complexity index is 470. The molecule has 4 rings (SSSR count). The van der Waals surface area contributed by atoms with Crippen molar-refractivity contribution in [2.75, 3.05) is 13.2 Å². The molecule has 0 radical (unpaired) electrons. The fourth-order valence-corrected chi connectivity index (χ4v) is 4.22. The summed E-state index contributed by atoms with van der Waals surface area (Å²) in [5.41, 5.74) is 0. The molecule has 4 N–H and O–H groups in total. The quantitative estimate of drug-likeness (QED) is 0.528. The van der Waals surface area contributed by atoms with Gasteiger partial charge in [0.15, 0.2) is 23.8 Å². The Morgan fingerprint density at radius 3 is 1.40 bits per heavy atom. The lowest BCUT2D eigenvalue weighted by atomic mass is 10.1. The van der Waals surface area contributed by atoms with Gasteiger partial charge in [-0.25, -0.2) is 0 Å². The molecule has 144 valence electrons. The van der Waals surface area contributed by atoms with Crippen molar-refractivity contribution in [3.63, 3.8) is 0 Å². The highest BCUT2D eigenvalue weighted by atomic mass is 16.8. The average molecular weight is 362 g/mol. The van der Waals surface area contributed by atoms with Crippen LogP contribution in [0.15, 0.2) is 0 Å². The highest BCUT2D eigenvalue weighted by molar-refractivity contribution is 4.96. The maximum absolute atomic E-state index is 9.58. The van der Waals surface area contributed by atoms with Crippen LogP contribution in [0.25, 0.3) is 0 Å². The summed E-state index contributed by atoms with van der Waals surface area (Å²) >= 11 is 0. The van der Waals surface area contributed by atoms with Crippen molar-refractivity contribution in [3.8, 4) is 0 Å². The minimum Gasteiger partial charge on any atom is -0.394 e. The van der Waals surface area contributed by atoms with Crippen LogP contribution in [-0.2, 0) is 28.4 Å². The van der Waals surface area contributed by atoms with Gasteiger partial charge < -0.3 is 38.6 Å². The van der Waals surface area contributed by atoms with Crippen LogP contribution >= 0.6 is 0 Å². The number of quaternary nitrogens is 1. The van der Waals surface area contributed by atoms with Crippen LogP contribution in [0.2, 0.25) is 0 Å². The van der Waals surface area contributed by atoms with E-state index in [2.05, 4.69) is 0 Å². The largest absolute Gasteiger partial charge is 0.394 e. The molecular formula is C16H28NO8+. The Kier molecular flexibility index (Phi) is 4.38. The summed E-state index contributed by atoms with van der Waals surface area (Å²) in [5.74, 6) is -1.44. The average Bonchev–Trinajstić information content (AvgIpc) is 3.18. The highest BCUT2D eigenvalue weighted by Crippen LogP contribution is 2.39. The summed E-state index contributed by atoms with van der Waals surface area (Å²) in [6.07, 6.45) is -3.00. The number of nitrogens with two attached hydrogens (primary N) is 1. The summed E-state index contributed by atoms with van der Waals surface area (Å²) in [5, 5.41) is 21.0. The van der Waals surface area contributed by atoms with Crippen molar-refractivity contribution in [2.24, 2.45) is 0 Å². The topological polar surface area (TPSA) is 112 Å². The summed E-state index contributed by atoms with van der Waals surface area (Å²) in [6.45, 7) is 7.09. The van der Waals surface area contributed by atoms with E-state index in [-0.39, 0.29) is 37.6 Å². The van der Waals surface area contributed by atoms with Crippen LogP contribution in [0.5, 0.6) is 0 Å². The Labute approximate surface area is 146 Å². The molecule has 0 aliphatic carbocycles. The van der Waals surface area contributed by atoms with Gasteiger partial charge in [0.1, 0.15) is 24.4 Å². The van der Waals surface area contributed by atoms with Gasteiger partial charge in [-0.2, -0.15) is 0 Å². The molecule has 4 aliphatic rings. The third-order valence-electron chi connectivity index (χ3n) is 5.11. The molecule has 0 spiro atoms. The molecule has 4 saturated heterocycles. The van der Waals surface area contributed by atoms with Gasteiger partial charge in [-0.3, -0.25) is 5.32 Å². The minimum atomic E-state index is -0.722. The van der Waals surface area contributed by atoms with Crippen LogP contribution < -0.4 is 5.32 Å². The first-order chi connectivity index (χ1) is 11.7. The molecule has 4 fully saturated rings. The number of fused-ring (bicyclic) bond motifs is 2. The van der Waals surface area contributed by atoms with Gasteiger partial charge in [-0.05, 0) is 27.7 Å². The fourth-order valence-electron chi connectivity index (χ4n) is 4.22. The van der Waals surface area contributed by atoms with Gasteiger partial charge in [0.05, 0.1) is 13.2 Å². The summed E-state index contributed by atoms with van der Waals surface area (Å²) in [6, 6.07) is 0. The van der Waals surface area contributed by atoms with Gasteiger partial charge >= 0.3 is 0 Å². The molecule has 9 nitrogen and oxygen atoms in total. The van der Waals surface area contributed by atoms with Gasteiger partial charge in [0.2, 0.25) is 12.5 Å². The Morgan fingerprint density at radius 1 is 0.680 bits per heavy atom. The smallest absolute Gasteiger partial charge is 0.222 e. The van der Waals surface area contributed by atoms with Crippen molar-refractivity contribution < 1.29 is 44.0 Å². The fraction of sp³-hybridized carbons (Fsp3) is 1.00. The Hall–Kier alpha value is -0.360. The maximum atomic E-state index is 9.58. The second-order valence-corrected chi connectivity index (χ2v) is 7.97. The first-order valence-electron chi connectivity index (χ1n) is 8.82. The van der Waals surface area contributed by atoms with Crippen molar-refractivity contribution >= 4 is 0 Å². The normalized spacial score (nSPS) is 50.2. The zero-order valence-electron chi connectivity index (χ0n) is 15.0. The van der Waals surface area contributed by atoms with E-state index in [0.717, 1.165) is 0 Å².